The topological polar surface area (TPSA) is 81.2 Å². The summed E-state index contributed by atoms with van der Waals surface area (Å²) in [6.07, 6.45) is 4.37. The molecule has 32 heavy (non-hydrogen) atoms. The van der Waals surface area contributed by atoms with E-state index in [9.17, 15) is 4.79 Å². The molecule has 1 saturated carbocycles. The molecule has 168 valence electrons. The summed E-state index contributed by atoms with van der Waals surface area (Å²) >= 11 is 7.00. The number of nitrogens with one attached hydrogen (secondary N) is 2. The number of amides is 1. The van der Waals surface area contributed by atoms with Gasteiger partial charge in [-0.05, 0) is 61.1 Å². The molecule has 1 aliphatic heterocycles. The van der Waals surface area contributed by atoms with Gasteiger partial charge >= 0.3 is 0 Å². The molecule has 1 fully saturated rings. The van der Waals surface area contributed by atoms with Gasteiger partial charge < -0.3 is 14.8 Å². The Morgan fingerprint density at radius 2 is 2.06 bits per heavy atom. The van der Waals surface area contributed by atoms with Gasteiger partial charge in [0.05, 0.1) is 4.88 Å². The average Bonchev–Trinajstić information content (AvgIpc) is 3.58. The van der Waals surface area contributed by atoms with Gasteiger partial charge in [-0.25, -0.2) is 0 Å². The summed E-state index contributed by atoms with van der Waals surface area (Å²) < 4.78 is 13.7. The van der Waals surface area contributed by atoms with Crippen molar-refractivity contribution in [3.05, 3.63) is 46.0 Å². The molecule has 1 aliphatic carbocycles. The number of thiophene rings is 1. The predicted molar refractivity (Wildman–Crippen MR) is 126 cm³/mol. The van der Waals surface area contributed by atoms with E-state index in [4.69, 9.17) is 21.7 Å². The minimum atomic E-state index is -0.475. The van der Waals surface area contributed by atoms with Gasteiger partial charge in [0.1, 0.15) is 19.3 Å². The Kier molecular flexibility index (Phi) is 5.77. The van der Waals surface area contributed by atoms with Crippen molar-refractivity contribution in [2.24, 2.45) is 0 Å². The lowest BCUT2D eigenvalue weighted by Crippen LogP contribution is -2.41. The molecule has 2 aliphatic rings. The third kappa shape index (κ3) is 3.84. The maximum absolute atomic E-state index is 13.2. The van der Waals surface area contributed by atoms with Crippen molar-refractivity contribution in [2.45, 2.75) is 44.1 Å². The van der Waals surface area contributed by atoms with Crippen molar-refractivity contribution in [3.63, 3.8) is 0 Å². The first-order valence-electron chi connectivity index (χ1n) is 11.0. The van der Waals surface area contributed by atoms with Crippen LogP contribution in [0.15, 0.2) is 35.7 Å². The van der Waals surface area contributed by atoms with E-state index >= 15 is 0 Å². The molecule has 7 nitrogen and oxygen atoms in total. The van der Waals surface area contributed by atoms with Crippen LogP contribution in [-0.2, 0) is 10.2 Å². The smallest absolute Gasteiger partial charge is 0.242 e. The largest absolute Gasteiger partial charge is 0.486 e. The predicted octanol–water partition coefficient (Wildman–Crippen LogP) is 4.63. The Bertz CT molecular complexity index is 1160. The van der Waals surface area contributed by atoms with E-state index in [-0.39, 0.29) is 11.3 Å². The van der Waals surface area contributed by atoms with Crippen molar-refractivity contribution in [2.75, 3.05) is 19.8 Å². The van der Waals surface area contributed by atoms with Gasteiger partial charge in [0.15, 0.2) is 22.1 Å². The highest BCUT2D eigenvalue weighted by molar-refractivity contribution is 7.71. The molecule has 5 rings (SSSR count). The number of rotatable bonds is 6. The molecule has 3 heterocycles. The van der Waals surface area contributed by atoms with E-state index in [0.29, 0.717) is 30.4 Å². The number of fused-ring (bicyclic) bond motifs is 1. The Morgan fingerprint density at radius 3 is 2.81 bits per heavy atom. The first kappa shape index (κ1) is 21.2. The van der Waals surface area contributed by atoms with E-state index < -0.39 is 6.04 Å². The lowest BCUT2D eigenvalue weighted by atomic mass is 9.78. The van der Waals surface area contributed by atoms with Crippen LogP contribution in [0.1, 0.15) is 44.2 Å². The molecule has 1 amide bonds. The van der Waals surface area contributed by atoms with Crippen LogP contribution in [0, 0.1) is 4.77 Å². The SMILES string of the molecule is CC(C(=O)NCC1(c2ccc3c(c2)OCCO3)CCCC1)n1c(-c2cccs2)n[nH]c1=S. The number of benzene rings is 1. The molecule has 2 N–H and O–H groups in total. The van der Waals surface area contributed by atoms with Crippen molar-refractivity contribution in [1.82, 2.24) is 20.1 Å². The van der Waals surface area contributed by atoms with Gasteiger partial charge in [0, 0.05) is 12.0 Å². The first-order valence-corrected chi connectivity index (χ1v) is 12.2. The van der Waals surface area contributed by atoms with Crippen LogP contribution in [0.25, 0.3) is 10.7 Å². The Hall–Kier alpha value is -2.65. The fourth-order valence-electron chi connectivity index (χ4n) is 4.76. The van der Waals surface area contributed by atoms with Crippen LogP contribution < -0.4 is 14.8 Å². The van der Waals surface area contributed by atoms with Crippen molar-refractivity contribution < 1.29 is 14.3 Å². The zero-order valence-electron chi connectivity index (χ0n) is 17.9. The zero-order valence-corrected chi connectivity index (χ0v) is 19.6. The maximum atomic E-state index is 13.2. The summed E-state index contributed by atoms with van der Waals surface area (Å²) in [4.78, 5) is 14.2. The van der Waals surface area contributed by atoms with Gasteiger partial charge in [-0.2, -0.15) is 5.10 Å². The molecule has 0 saturated heterocycles. The van der Waals surface area contributed by atoms with Crippen LogP contribution in [-0.4, -0.2) is 40.4 Å². The van der Waals surface area contributed by atoms with E-state index in [1.54, 1.807) is 15.9 Å². The maximum Gasteiger partial charge on any atom is 0.242 e. The summed E-state index contributed by atoms with van der Waals surface area (Å²) in [6, 6.07) is 9.67. The molecule has 0 bridgehead atoms. The highest BCUT2D eigenvalue weighted by atomic mass is 32.1. The van der Waals surface area contributed by atoms with Gasteiger partial charge in [-0.15, -0.1) is 11.3 Å². The second kappa shape index (κ2) is 8.71. The molecule has 1 unspecified atom stereocenters. The lowest BCUT2D eigenvalue weighted by Gasteiger charge is -2.32. The minimum Gasteiger partial charge on any atom is -0.486 e. The van der Waals surface area contributed by atoms with E-state index in [1.807, 2.05) is 30.5 Å². The van der Waals surface area contributed by atoms with Gasteiger partial charge in [-0.1, -0.05) is 25.0 Å². The normalized spacial score (nSPS) is 17.8. The fraction of sp³-hybridized carbons (Fsp3) is 0.435. The first-order chi connectivity index (χ1) is 15.6. The second-order valence-corrected chi connectivity index (χ2v) is 9.77. The number of aromatic amines is 1. The summed E-state index contributed by atoms with van der Waals surface area (Å²) in [5.74, 6) is 2.21. The second-order valence-electron chi connectivity index (χ2n) is 8.44. The third-order valence-electron chi connectivity index (χ3n) is 6.53. The van der Waals surface area contributed by atoms with Crippen LogP contribution in [0.5, 0.6) is 11.5 Å². The third-order valence-corrected chi connectivity index (χ3v) is 7.68. The zero-order chi connectivity index (χ0) is 22.1. The van der Waals surface area contributed by atoms with Crippen LogP contribution in [0.2, 0.25) is 0 Å². The Balaban J connectivity index is 1.36. The highest BCUT2D eigenvalue weighted by Crippen LogP contribution is 2.44. The van der Waals surface area contributed by atoms with Crippen LogP contribution in [0.4, 0.5) is 0 Å². The Morgan fingerprint density at radius 1 is 1.28 bits per heavy atom. The number of nitrogens with zero attached hydrogens (tertiary/aromatic N) is 2. The molecule has 3 aromatic rings. The molecule has 2 aromatic heterocycles. The summed E-state index contributed by atoms with van der Waals surface area (Å²) in [6.45, 7) is 3.59. The standard InChI is InChI=1S/C23H26N4O3S2/c1-15(27-20(25-26-22(27)31)19-5-4-12-32-19)21(28)24-14-23(8-2-3-9-23)16-6-7-17-18(13-16)30-11-10-29-17/h4-7,12-13,15H,2-3,8-11,14H2,1H3,(H,24,28)(H,26,31). The summed E-state index contributed by atoms with van der Waals surface area (Å²) in [7, 11) is 0. The molecule has 0 spiro atoms. The number of hydrogen-bond acceptors (Lipinski definition) is 6. The van der Waals surface area contributed by atoms with Crippen molar-refractivity contribution >= 4 is 29.5 Å². The van der Waals surface area contributed by atoms with Gasteiger partial charge in [0.2, 0.25) is 5.91 Å². The number of carbonyl (C=O) groups excluding carboxylic acids is 1. The fourth-order valence-corrected chi connectivity index (χ4v) is 5.76. The van der Waals surface area contributed by atoms with Crippen molar-refractivity contribution in [1.29, 1.82) is 0 Å². The molecule has 1 aromatic carbocycles. The molecular weight excluding hydrogens is 444 g/mol. The number of H-pyrrole nitrogens is 1. The number of aromatic nitrogens is 3. The average molecular weight is 471 g/mol. The van der Waals surface area contributed by atoms with Gasteiger partial charge in [-0.3, -0.25) is 14.5 Å². The molecule has 0 radical (unpaired) electrons. The number of carbonyl (C=O) groups is 1. The van der Waals surface area contributed by atoms with Crippen LogP contribution in [0.3, 0.4) is 0 Å². The Labute approximate surface area is 195 Å². The number of ether oxygens (including phenoxy) is 2. The molecule has 1 atom stereocenters. The molecule has 9 heteroatoms. The lowest BCUT2D eigenvalue weighted by molar-refractivity contribution is -0.124. The number of hydrogen-bond donors (Lipinski definition) is 2. The van der Waals surface area contributed by atoms with E-state index in [2.05, 4.69) is 27.6 Å². The minimum absolute atomic E-state index is 0.0656. The summed E-state index contributed by atoms with van der Waals surface area (Å²) in [5, 5.41) is 12.4. The van der Waals surface area contributed by atoms with Crippen molar-refractivity contribution in [3.8, 4) is 22.2 Å². The monoisotopic (exact) mass is 470 g/mol. The van der Waals surface area contributed by atoms with Gasteiger partial charge in [0.25, 0.3) is 0 Å². The summed E-state index contributed by atoms with van der Waals surface area (Å²) in [5.41, 5.74) is 1.10. The van der Waals surface area contributed by atoms with E-state index in [0.717, 1.165) is 42.1 Å². The van der Waals surface area contributed by atoms with E-state index in [1.165, 1.54) is 5.56 Å². The van der Waals surface area contributed by atoms with Crippen LogP contribution >= 0.6 is 23.6 Å². The quantitative estimate of drug-likeness (QED) is 0.514. The molecular formula is C23H26N4O3S2. The highest BCUT2D eigenvalue weighted by Gasteiger charge is 2.37.